The van der Waals surface area contributed by atoms with Crippen LogP contribution in [0.2, 0.25) is 0 Å². The predicted molar refractivity (Wildman–Crippen MR) is 56.2 cm³/mol. The topological polar surface area (TPSA) is 86.2 Å². The first-order valence-corrected chi connectivity index (χ1v) is 5.41. The molecule has 0 bridgehead atoms. The molecule has 0 aromatic rings. The number of methoxy groups -OCH3 is 1. The van der Waals surface area contributed by atoms with Crippen molar-refractivity contribution in [1.82, 2.24) is 5.32 Å². The van der Waals surface area contributed by atoms with Gasteiger partial charge in [0.15, 0.2) is 11.8 Å². The van der Waals surface area contributed by atoms with E-state index in [0.29, 0.717) is 6.54 Å². The largest absolute Gasteiger partial charge is 0.468 e. The van der Waals surface area contributed by atoms with E-state index in [9.17, 15) is 9.59 Å². The summed E-state index contributed by atoms with van der Waals surface area (Å²) >= 11 is 0. The van der Waals surface area contributed by atoms with Gasteiger partial charge in [-0.25, -0.2) is 4.79 Å². The molecular weight excluding hydrogens is 228 g/mol. The third-order valence-corrected chi connectivity index (χ3v) is 2.85. The molecule has 94 valence electrons. The lowest BCUT2D eigenvalue weighted by Crippen LogP contribution is -2.40. The number of nitrogens with one attached hydrogen (secondary N) is 1. The van der Waals surface area contributed by atoms with Crippen molar-refractivity contribution in [1.29, 1.82) is 0 Å². The van der Waals surface area contributed by atoms with E-state index in [1.165, 1.54) is 7.11 Å². The van der Waals surface area contributed by atoms with Gasteiger partial charge in [-0.05, 0) is 6.92 Å². The summed E-state index contributed by atoms with van der Waals surface area (Å²) in [4.78, 5) is 28.1. The SMILES string of the molecule is CCOC(=O)C1=NO[C@H]2[C@@H]1CN[C@H]2C(=O)OC. The minimum atomic E-state index is -0.583. The van der Waals surface area contributed by atoms with Gasteiger partial charge in [0.25, 0.3) is 0 Å². The lowest BCUT2D eigenvalue weighted by molar-refractivity contribution is -0.146. The Hall–Kier alpha value is -1.63. The highest BCUT2D eigenvalue weighted by atomic mass is 16.7. The van der Waals surface area contributed by atoms with Crippen LogP contribution < -0.4 is 5.32 Å². The van der Waals surface area contributed by atoms with Crippen LogP contribution in [0.4, 0.5) is 0 Å². The van der Waals surface area contributed by atoms with Gasteiger partial charge >= 0.3 is 11.9 Å². The molecule has 2 aliphatic heterocycles. The molecule has 2 heterocycles. The number of hydrogen-bond donors (Lipinski definition) is 1. The van der Waals surface area contributed by atoms with Crippen LogP contribution in [0.15, 0.2) is 5.16 Å². The molecule has 1 N–H and O–H groups in total. The molecular formula is C10H14N2O5. The fourth-order valence-corrected chi connectivity index (χ4v) is 2.03. The third kappa shape index (κ3) is 1.97. The summed E-state index contributed by atoms with van der Waals surface area (Å²) in [6.07, 6.45) is -0.484. The minimum Gasteiger partial charge on any atom is -0.468 e. The first-order chi connectivity index (χ1) is 8.19. The number of fused-ring (bicyclic) bond motifs is 1. The maximum Gasteiger partial charge on any atom is 0.356 e. The fourth-order valence-electron chi connectivity index (χ4n) is 2.03. The molecule has 0 radical (unpaired) electrons. The minimum absolute atomic E-state index is 0.232. The number of carbonyl (C=O) groups excluding carboxylic acids is 2. The number of esters is 2. The molecule has 0 spiro atoms. The van der Waals surface area contributed by atoms with Gasteiger partial charge in [0.1, 0.15) is 6.04 Å². The van der Waals surface area contributed by atoms with Crippen molar-refractivity contribution in [3.05, 3.63) is 0 Å². The normalized spacial score (nSPS) is 30.2. The van der Waals surface area contributed by atoms with Gasteiger partial charge < -0.3 is 19.6 Å². The Morgan fingerprint density at radius 3 is 3.00 bits per heavy atom. The Morgan fingerprint density at radius 1 is 1.59 bits per heavy atom. The Kier molecular flexibility index (Phi) is 3.28. The zero-order chi connectivity index (χ0) is 12.4. The molecule has 0 unspecified atom stereocenters. The van der Waals surface area contributed by atoms with Crippen LogP contribution in [0.3, 0.4) is 0 Å². The van der Waals surface area contributed by atoms with Crippen LogP contribution in [0, 0.1) is 5.92 Å². The molecule has 0 aromatic carbocycles. The van der Waals surface area contributed by atoms with E-state index >= 15 is 0 Å². The summed E-state index contributed by atoms with van der Waals surface area (Å²) < 4.78 is 9.50. The van der Waals surface area contributed by atoms with Crippen molar-refractivity contribution >= 4 is 17.7 Å². The number of rotatable bonds is 3. The molecule has 3 atom stereocenters. The number of carbonyl (C=O) groups is 2. The highest BCUT2D eigenvalue weighted by Gasteiger charge is 2.50. The quantitative estimate of drug-likeness (QED) is 0.643. The van der Waals surface area contributed by atoms with E-state index in [1.807, 2.05) is 0 Å². The van der Waals surface area contributed by atoms with Crippen molar-refractivity contribution in [3.63, 3.8) is 0 Å². The Bertz CT molecular complexity index is 368. The number of oxime groups is 1. The van der Waals surface area contributed by atoms with Crippen LogP contribution in [-0.2, 0) is 23.9 Å². The van der Waals surface area contributed by atoms with Crippen molar-refractivity contribution in [3.8, 4) is 0 Å². The fraction of sp³-hybridized carbons (Fsp3) is 0.700. The second-order valence-corrected chi connectivity index (χ2v) is 3.78. The molecule has 0 aliphatic carbocycles. The summed E-state index contributed by atoms with van der Waals surface area (Å²) in [5.74, 6) is -1.16. The van der Waals surface area contributed by atoms with E-state index in [0.717, 1.165) is 0 Å². The molecule has 17 heavy (non-hydrogen) atoms. The standard InChI is InChI=1S/C10H14N2O5/c1-3-16-10(14)6-5-4-11-7(9(13)15-2)8(5)17-12-6/h5,7-8,11H,3-4H2,1-2H3/t5-,7-,8+/m1/s1. The van der Waals surface area contributed by atoms with Gasteiger partial charge in [-0.3, -0.25) is 4.79 Å². The van der Waals surface area contributed by atoms with Crippen molar-refractivity contribution in [2.24, 2.45) is 11.1 Å². The number of hydrogen-bond acceptors (Lipinski definition) is 7. The Balaban J connectivity index is 2.05. The molecule has 2 rings (SSSR count). The summed E-state index contributed by atoms with van der Waals surface area (Å²) in [5, 5.41) is 6.65. The highest BCUT2D eigenvalue weighted by Crippen LogP contribution is 2.27. The smallest absolute Gasteiger partial charge is 0.356 e. The molecule has 1 fully saturated rings. The number of nitrogens with zero attached hydrogens (tertiary/aromatic N) is 1. The number of ether oxygens (including phenoxy) is 2. The average molecular weight is 242 g/mol. The van der Waals surface area contributed by atoms with Gasteiger partial charge in [0.05, 0.1) is 19.6 Å². The lowest BCUT2D eigenvalue weighted by atomic mass is 9.97. The summed E-state index contributed by atoms with van der Waals surface area (Å²) in [6.45, 7) is 2.45. The van der Waals surface area contributed by atoms with Crippen LogP contribution in [0.25, 0.3) is 0 Å². The van der Waals surface area contributed by atoms with Gasteiger partial charge in [-0.2, -0.15) is 0 Å². The molecule has 0 aromatic heterocycles. The zero-order valence-corrected chi connectivity index (χ0v) is 9.63. The molecule has 7 heteroatoms. The molecule has 0 saturated carbocycles. The van der Waals surface area contributed by atoms with E-state index in [-0.39, 0.29) is 18.2 Å². The monoisotopic (exact) mass is 242 g/mol. The molecule has 0 amide bonds. The maximum absolute atomic E-state index is 11.6. The molecule has 2 aliphatic rings. The second kappa shape index (κ2) is 4.70. The first-order valence-electron chi connectivity index (χ1n) is 5.41. The van der Waals surface area contributed by atoms with Crippen LogP contribution in [0.5, 0.6) is 0 Å². The zero-order valence-electron chi connectivity index (χ0n) is 9.63. The summed E-state index contributed by atoms with van der Waals surface area (Å²) in [7, 11) is 1.30. The summed E-state index contributed by atoms with van der Waals surface area (Å²) in [5.41, 5.74) is 0.232. The van der Waals surface area contributed by atoms with Gasteiger partial charge in [0, 0.05) is 6.54 Å². The van der Waals surface area contributed by atoms with Gasteiger partial charge in [-0.15, -0.1) is 0 Å². The van der Waals surface area contributed by atoms with Crippen LogP contribution >= 0.6 is 0 Å². The predicted octanol–water partition coefficient (Wildman–Crippen LogP) is -0.935. The first kappa shape index (κ1) is 11.8. The Morgan fingerprint density at radius 2 is 2.35 bits per heavy atom. The van der Waals surface area contributed by atoms with Crippen molar-refractivity contribution < 1.29 is 23.9 Å². The van der Waals surface area contributed by atoms with E-state index in [2.05, 4.69) is 15.2 Å². The maximum atomic E-state index is 11.6. The Labute approximate surface area is 98.1 Å². The van der Waals surface area contributed by atoms with Crippen LogP contribution in [0.1, 0.15) is 6.92 Å². The van der Waals surface area contributed by atoms with E-state index < -0.39 is 24.1 Å². The average Bonchev–Trinajstić information content (AvgIpc) is 2.88. The summed E-state index contributed by atoms with van der Waals surface area (Å²) in [6, 6.07) is -0.583. The molecule has 7 nitrogen and oxygen atoms in total. The van der Waals surface area contributed by atoms with Crippen LogP contribution in [-0.4, -0.2) is 50.1 Å². The second-order valence-electron chi connectivity index (χ2n) is 3.78. The third-order valence-electron chi connectivity index (χ3n) is 2.85. The lowest BCUT2D eigenvalue weighted by Gasteiger charge is -2.13. The van der Waals surface area contributed by atoms with Crippen molar-refractivity contribution in [2.45, 2.75) is 19.1 Å². The van der Waals surface area contributed by atoms with Gasteiger partial charge in [-0.1, -0.05) is 5.16 Å². The van der Waals surface area contributed by atoms with E-state index in [4.69, 9.17) is 9.57 Å². The van der Waals surface area contributed by atoms with E-state index in [1.54, 1.807) is 6.92 Å². The van der Waals surface area contributed by atoms with Crippen molar-refractivity contribution in [2.75, 3.05) is 20.3 Å². The van der Waals surface area contributed by atoms with Gasteiger partial charge in [0.2, 0.25) is 0 Å². The molecule has 1 saturated heterocycles. The highest BCUT2D eigenvalue weighted by molar-refractivity contribution is 6.37.